The molecule has 3 aromatic rings. The number of carbonyl (C=O) groups excluding carboxylic acids is 2. The van der Waals surface area contributed by atoms with Crippen molar-refractivity contribution in [3.8, 4) is 5.75 Å². The van der Waals surface area contributed by atoms with Gasteiger partial charge in [0.15, 0.2) is 12.3 Å². The summed E-state index contributed by atoms with van der Waals surface area (Å²) >= 11 is 3.23. The van der Waals surface area contributed by atoms with Crippen molar-refractivity contribution in [2.24, 2.45) is 7.05 Å². The van der Waals surface area contributed by atoms with Crippen LogP contribution in [0.3, 0.4) is 0 Å². The molecule has 2 N–H and O–H groups in total. The molecule has 0 aliphatic carbocycles. The molecule has 11 heteroatoms. The zero-order chi connectivity index (χ0) is 20.3. The number of hydrogen-bond donors (Lipinski definition) is 2. The van der Waals surface area contributed by atoms with Crippen LogP contribution in [-0.2, 0) is 23.2 Å². The molecule has 0 saturated heterocycles. The lowest BCUT2D eigenvalue weighted by atomic mass is 10.3. The van der Waals surface area contributed by atoms with Crippen LogP contribution in [0.5, 0.6) is 5.75 Å². The Hall–Kier alpha value is -3.21. The van der Waals surface area contributed by atoms with Gasteiger partial charge in [0.05, 0.1) is 0 Å². The van der Waals surface area contributed by atoms with E-state index in [-0.39, 0.29) is 24.6 Å². The second kappa shape index (κ2) is 8.21. The highest BCUT2D eigenvalue weighted by molar-refractivity contribution is 9.10. The van der Waals surface area contributed by atoms with Gasteiger partial charge in [-0.2, -0.15) is 5.10 Å². The minimum Gasteiger partial charge on any atom is -0.484 e. The molecule has 0 aliphatic rings. The number of carbonyl (C=O) groups is 2. The lowest BCUT2D eigenvalue weighted by molar-refractivity contribution is -0.122. The van der Waals surface area contributed by atoms with Crippen molar-refractivity contribution in [3.05, 3.63) is 45.5 Å². The maximum absolute atomic E-state index is 12.6. The third-order valence-electron chi connectivity index (χ3n) is 3.85. The van der Waals surface area contributed by atoms with E-state index in [9.17, 15) is 14.4 Å². The quantitative estimate of drug-likeness (QED) is 0.571. The van der Waals surface area contributed by atoms with Crippen LogP contribution < -0.4 is 20.9 Å². The van der Waals surface area contributed by atoms with E-state index >= 15 is 0 Å². The Morgan fingerprint density at radius 2 is 2.07 bits per heavy atom. The van der Waals surface area contributed by atoms with Gasteiger partial charge in [0, 0.05) is 25.8 Å². The normalized spacial score (nSPS) is 10.7. The first kappa shape index (κ1) is 19.5. The first-order valence-electron chi connectivity index (χ1n) is 8.20. The molecule has 0 fully saturated rings. The van der Waals surface area contributed by atoms with Crippen LogP contribution in [0.1, 0.15) is 0 Å². The fourth-order valence-corrected chi connectivity index (χ4v) is 3.07. The fraction of sp³-hybridized carbons (Fsp3) is 0.235. The SMILES string of the molecule is CNC(=O)COc1cccc(NC(=O)Cn2cnc3c(c(Br)nn3C)c2=O)c1. The number of nitrogens with zero attached hydrogens (tertiary/aromatic N) is 4. The van der Waals surface area contributed by atoms with Crippen molar-refractivity contribution >= 4 is 44.5 Å². The van der Waals surface area contributed by atoms with Gasteiger partial charge in [-0.3, -0.25) is 19.0 Å². The molecule has 0 atom stereocenters. The molecule has 3 rings (SSSR count). The Morgan fingerprint density at radius 1 is 1.29 bits per heavy atom. The minimum atomic E-state index is -0.410. The highest BCUT2D eigenvalue weighted by Gasteiger charge is 2.15. The number of halogens is 1. The summed E-state index contributed by atoms with van der Waals surface area (Å²) in [5.74, 6) is -0.245. The first-order valence-corrected chi connectivity index (χ1v) is 8.99. The van der Waals surface area contributed by atoms with Crippen molar-refractivity contribution in [2.75, 3.05) is 19.0 Å². The highest BCUT2D eigenvalue weighted by atomic mass is 79.9. The molecule has 10 nitrogen and oxygen atoms in total. The molecular weight excluding hydrogens is 432 g/mol. The van der Waals surface area contributed by atoms with Gasteiger partial charge >= 0.3 is 0 Å². The maximum atomic E-state index is 12.6. The van der Waals surface area contributed by atoms with Gasteiger partial charge in [0.2, 0.25) is 5.91 Å². The number of aryl methyl sites for hydroxylation is 1. The molecule has 0 radical (unpaired) electrons. The van der Waals surface area contributed by atoms with Crippen molar-refractivity contribution in [1.29, 1.82) is 0 Å². The molecule has 146 valence electrons. The Kier molecular flexibility index (Phi) is 5.73. The smallest absolute Gasteiger partial charge is 0.266 e. The summed E-state index contributed by atoms with van der Waals surface area (Å²) in [6, 6.07) is 6.61. The van der Waals surface area contributed by atoms with Gasteiger partial charge in [-0.05, 0) is 28.1 Å². The lowest BCUT2D eigenvalue weighted by Crippen LogP contribution is -2.28. The summed E-state index contributed by atoms with van der Waals surface area (Å²) < 4.78 is 8.40. The standard InChI is InChI=1S/C17H17BrN6O4/c1-19-13(26)8-28-11-5-3-4-10(6-11)21-12(25)7-24-9-20-16-14(17(24)27)15(18)22-23(16)2/h3-6,9H,7-8H2,1-2H3,(H,19,26)(H,21,25). The number of likely N-dealkylation sites (N-methyl/N-ethyl adjacent to an activating group) is 1. The average Bonchev–Trinajstić information content (AvgIpc) is 2.96. The second-order valence-corrected chi connectivity index (χ2v) is 6.58. The zero-order valence-electron chi connectivity index (χ0n) is 15.1. The first-order chi connectivity index (χ1) is 13.4. The number of amides is 2. The third-order valence-corrected chi connectivity index (χ3v) is 4.40. The van der Waals surface area contributed by atoms with Crippen LogP contribution in [0.25, 0.3) is 11.0 Å². The number of rotatable bonds is 6. The van der Waals surface area contributed by atoms with Crippen LogP contribution >= 0.6 is 15.9 Å². The topological polar surface area (TPSA) is 120 Å². The van der Waals surface area contributed by atoms with Crippen molar-refractivity contribution in [3.63, 3.8) is 0 Å². The van der Waals surface area contributed by atoms with E-state index in [1.165, 1.54) is 22.6 Å². The van der Waals surface area contributed by atoms with E-state index in [4.69, 9.17) is 4.74 Å². The monoisotopic (exact) mass is 448 g/mol. The third kappa shape index (κ3) is 4.19. The number of benzene rings is 1. The molecule has 2 aromatic heterocycles. The van der Waals surface area contributed by atoms with Gasteiger partial charge in [-0.1, -0.05) is 6.07 Å². The van der Waals surface area contributed by atoms with Gasteiger partial charge in [0.25, 0.3) is 11.5 Å². The number of nitrogens with one attached hydrogen (secondary N) is 2. The van der Waals surface area contributed by atoms with E-state index in [2.05, 4.69) is 36.6 Å². The molecule has 0 bridgehead atoms. The lowest BCUT2D eigenvalue weighted by Gasteiger charge is -2.09. The molecule has 0 unspecified atom stereocenters. The Balaban J connectivity index is 1.72. The molecule has 1 aromatic carbocycles. The number of ether oxygens (including phenoxy) is 1. The number of hydrogen-bond acceptors (Lipinski definition) is 6. The Morgan fingerprint density at radius 3 is 2.82 bits per heavy atom. The van der Waals surface area contributed by atoms with E-state index in [0.29, 0.717) is 27.1 Å². The summed E-state index contributed by atoms with van der Waals surface area (Å²) in [5.41, 5.74) is 0.529. The molecule has 2 heterocycles. The predicted octanol–water partition coefficient (Wildman–Crippen LogP) is 0.656. The summed E-state index contributed by atoms with van der Waals surface area (Å²) in [6.45, 7) is -0.346. The molecular formula is C17H17BrN6O4. The minimum absolute atomic E-state index is 0.130. The number of aromatic nitrogens is 4. The maximum Gasteiger partial charge on any atom is 0.266 e. The van der Waals surface area contributed by atoms with Gasteiger partial charge in [-0.25, -0.2) is 9.67 Å². The van der Waals surface area contributed by atoms with E-state index in [1.807, 2.05) is 0 Å². The molecule has 0 spiro atoms. The van der Waals surface area contributed by atoms with Crippen LogP contribution in [0.4, 0.5) is 5.69 Å². The number of anilines is 1. The Labute approximate surface area is 167 Å². The molecule has 2 amide bonds. The zero-order valence-corrected chi connectivity index (χ0v) is 16.7. The summed E-state index contributed by atoms with van der Waals surface area (Å²) in [7, 11) is 3.19. The van der Waals surface area contributed by atoms with Crippen molar-refractivity contribution < 1.29 is 14.3 Å². The van der Waals surface area contributed by atoms with Crippen LogP contribution in [-0.4, -0.2) is 44.8 Å². The Bertz CT molecular complexity index is 1110. The van der Waals surface area contributed by atoms with Gasteiger partial charge in [-0.15, -0.1) is 0 Å². The predicted molar refractivity (Wildman–Crippen MR) is 105 cm³/mol. The van der Waals surface area contributed by atoms with Crippen molar-refractivity contribution in [1.82, 2.24) is 24.6 Å². The van der Waals surface area contributed by atoms with Crippen LogP contribution in [0.2, 0.25) is 0 Å². The van der Waals surface area contributed by atoms with Gasteiger partial charge in [0.1, 0.15) is 28.6 Å². The molecule has 0 saturated carbocycles. The van der Waals surface area contributed by atoms with Crippen LogP contribution in [0, 0.1) is 0 Å². The second-order valence-electron chi connectivity index (χ2n) is 5.83. The summed E-state index contributed by atoms with van der Waals surface area (Å²) in [4.78, 5) is 40.4. The van der Waals surface area contributed by atoms with E-state index in [0.717, 1.165) is 0 Å². The summed E-state index contributed by atoms with van der Waals surface area (Å²) in [5, 5.41) is 9.55. The van der Waals surface area contributed by atoms with E-state index < -0.39 is 5.91 Å². The highest BCUT2D eigenvalue weighted by Crippen LogP contribution is 2.18. The largest absolute Gasteiger partial charge is 0.484 e. The molecule has 28 heavy (non-hydrogen) atoms. The van der Waals surface area contributed by atoms with Crippen LogP contribution in [0.15, 0.2) is 40.0 Å². The average molecular weight is 449 g/mol. The van der Waals surface area contributed by atoms with Gasteiger partial charge < -0.3 is 15.4 Å². The summed E-state index contributed by atoms with van der Waals surface area (Å²) in [6.07, 6.45) is 1.31. The van der Waals surface area contributed by atoms with Crippen molar-refractivity contribution in [2.45, 2.75) is 6.54 Å². The number of fused-ring (bicyclic) bond motifs is 1. The fourth-order valence-electron chi connectivity index (χ4n) is 2.49. The molecule has 0 aliphatic heterocycles. The van der Waals surface area contributed by atoms with E-state index in [1.54, 1.807) is 31.3 Å².